The molecule has 4 aromatic rings. The third-order valence-corrected chi connectivity index (χ3v) is 4.53. The molecule has 150 valence electrons. The van der Waals surface area contributed by atoms with Crippen molar-refractivity contribution in [2.24, 2.45) is 0 Å². The zero-order chi connectivity index (χ0) is 21.3. The van der Waals surface area contributed by atoms with E-state index >= 15 is 0 Å². The molecule has 0 spiro atoms. The zero-order valence-electron chi connectivity index (χ0n) is 16.3. The number of nitrogens with zero attached hydrogens (tertiary/aromatic N) is 3. The van der Waals surface area contributed by atoms with Crippen LogP contribution in [0.2, 0.25) is 0 Å². The Morgan fingerprint density at radius 2 is 1.83 bits per heavy atom. The molecule has 2 aromatic heterocycles. The fraction of sp³-hybridized carbons (Fsp3) is 0.0909. The maximum Gasteiger partial charge on any atom is 0.274 e. The number of hydrogen-bond donors (Lipinski definition) is 1. The standard InChI is InChI=1S/C22H18N4O4/c1-14-6-9-16(10-7-14)23-22(27)20-13-19(21-11-8-15(2)30-21)24-25(20)17-4-3-5-18(12-17)26(28)29/h3-13H,1-2H3,(H,23,27). The van der Waals surface area contributed by atoms with Crippen LogP contribution in [0.3, 0.4) is 0 Å². The molecule has 0 aliphatic rings. The third kappa shape index (κ3) is 3.83. The van der Waals surface area contributed by atoms with Crippen LogP contribution in [-0.2, 0) is 0 Å². The van der Waals surface area contributed by atoms with E-state index in [-0.39, 0.29) is 11.4 Å². The normalized spacial score (nSPS) is 10.7. The first-order chi connectivity index (χ1) is 14.4. The summed E-state index contributed by atoms with van der Waals surface area (Å²) in [5, 5.41) is 18.5. The van der Waals surface area contributed by atoms with E-state index in [0.29, 0.717) is 28.6 Å². The van der Waals surface area contributed by atoms with Crippen LogP contribution in [0.1, 0.15) is 21.8 Å². The topological polar surface area (TPSA) is 103 Å². The third-order valence-electron chi connectivity index (χ3n) is 4.53. The summed E-state index contributed by atoms with van der Waals surface area (Å²) in [7, 11) is 0. The summed E-state index contributed by atoms with van der Waals surface area (Å²) < 4.78 is 7.01. The number of hydrogen-bond acceptors (Lipinski definition) is 5. The molecule has 8 nitrogen and oxygen atoms in total. The second-order valence-electron chi connectivity index (χ2n) is 6.83. The molecule has 2 heterocycles. The highest BCUT2D eigenvalue weighted by atomic mass is 16.6. The van der Waals surface area contributed by atoms with Crippen LogP contribution in [-0.4, -0.2) is 20.6 Å². The Labute approximate surface area is 171 Å². The van der Waals surface area contributed by atoms with Gasteiger partial charge in [-0.3, -0.25) is 14.9 Å². The van der Waals surface area contributed by atoms with Crippen LogP contribution < -0.4 is 5.32 Å². The molecule has 0 saturated heterocycles. The van der Waals surface area contributed by atoms with Crippen LogP contribution in [0.15, 0.2) is 71.1 Å². The number of carbonyl (C=O) groups excluding carboxylic acids is 1. The predicted molar refractivity (Wildman–Crippen MR) is 112 cm³/mol. The number of non-ortho nitro benzene ring substituents is 1. The van der Waals surface area contributed by atoms with Gasteiger partial charge in [0.15, 0.2) is 5.76 Å². The van der Waals surface area contributed by atoms with Gasteiger partial charge in [0.1, 0.15) is 17.1 Å². The molecule has 0 aliphatic carbocycles. The van der Waals surface area contributed by atoms with Crippen LogP contribution in [0, 0.1) is 24.0 Å². The first kappa shape index (κ1) is 19.1. The molecule has 0 aliphatic heterocycles. The summed E-state index contributed by atoms with van der Waals surface area (Å²) in [6, 6.07) is 18.5. The van der Waals surface area contributed by atoms with Crippen molar-refractivity contribution in [3.63, 3.8) is 0 Å². The molecule has 0 saturated carbocycles. The quantitative estimate of drug-likeness (QED) is 0.377. The average Bonchev–Trinajstić information content (AvgIpc) is 3.36. The van der Waals surface area contributed by atoms with Gasteiger partial charge >= 0.3 is 0 Å². The molecule has 0 bridgehead atoms. The molecule has 0 unspecified atom stereocenters. The van der Waals surface area contributed by atoms with Gasteiger partial charge in [-0.25, -0.2) is 4.68 Å². The van der Waals surface area contributed by atoms with E-state index in [4.69, 9.17) is 4.42 Å². The lowest BCUT2D eigenvalue weighted by Crippen LogP contribution is -2.17. The summed E-state index contributed by atoms with van der Waals surface area (Å²) in [6.07, 6.45) is 0. The van der Waals surface area contributed by atoms with Gasteiger partial charge in [-0.2, -0.15) is 5.10 Å². The Balaban J connectivity index is 1.78. The van der Waals surface area contributed by atoms with Gasteiger partial charge in [0.05, 0.1) is 10.6 Å². The Morgan fingerprint density at radius 3 is 2.50 bits per heavy atom. The number of benzene rings is 2. The number of anilines is 1. The summed E-state index contributed by atoms with van der Waals surface area (Å²) in [5.41, 5.74) is 2.68. The van der Waals surface area contributed by atoms with Crippen molar-refractivity contribution in [3.05, 3.63) is 93.9 Å². The fourth-order valence-electron chi connectivity index (χ4n) is 3.00. The number of amides is 1. The molecule has 0 atom stereocenters. The number of rotatable bonds is 5. The number of carbonyl (C=O) groups is 1. The molecule has 0 radical (unpaired) electrons. The van der Waals surface area contributed by atoms with E-state index in [1.165, 1.54) is 16.8 Å². The minimum atomic E-state index is -0.490. The highest BCUT2D eigenvalue weighted by molar-refractivity contribution is 6.04. The van der Waals surface area contributed by atoms with Gasteiger partial charge in [0.2, 0.25) is 0 Å². The van der Waals surface area contributed by atoms with Gasteiger partial charge in [-0.15, -0.1) is 0 Å². The van der Waals surface area contributed by atoms with Crippen LogP contribution in [0.4, 0.5) is 11.4 Å². The molecule has 30 heavy (non-hydrogen) atoms. The first-order valence-corrected chi connectivity index (χ1v) is 9.20. The average molecular weight is 402 g/mol. The Morgan fingerprint density at radius 1 is 1.07 bits per heavy atom. The monoisotopic (exact) mass is 402 g/mol. The van der Waals surface area contributed by atoms with Crippen molar-refractivity contribution in [1.29, 1.82) is 0 Å². The molecule has 2 aromatic carbocycles. The van der Waals surface area contributed by atoms with E-state index < -0.39 is 10.8 Å². The highest BCUT2D eigenvalue weighted by Crippen LogP contribution is 2.26. The van der Waals surface area contributed by atoms with E-state index in [2.05, 4.69) is 10.4 Å². The number of aromatic nitrogens is 2. The summed E-state index contributed by atoms with van der Waals surface area (Å²) in [6.45, 7) is 3.77. The maximum atomic E-state index is 13.0. The molecule has 1 amide bonds. The predicted octanol–water partition coefficient (Wildman–Crippen LogP) is 4.91. The molecule has 8 heteroatoms. The fourth-order valence-corrected chi connectivity index (χ4v) is 3.00. The number of furan rings is 1. The minimum Gasteiger partial charge on any atom is -0.460 e. The lowest BCUT2D eigenvalue weighted by molar-refractivity contribution is -0.384. The van der Waals surface area contributed by atoms with Crippen LogP contribution >= 0.6 is 0 Å². The molecule has 1 N–H and O–H groups in total. The Hall–Kier alpha value is -4.20. The lowest BCUT2D eigenvalue weighted by Gasteiger charge is -2.08. The molecular formula is C22H18N4O4. The number of nitro groups is 1. The van der Waals surface area contributed by atoms with Crippen molar-refractivity contribution in [1.82, 2.24) is 9.78 Å². The second-order valence-corrected chi connectivity index (χ2v) is 6.83. The molecule has 0 fully saturated rings. The number of nitro benzene ring substituents is 1. The number of nitrogens with one attached hydrogen (secondary N) is 1. The second kappa shape index (κ2) is 7.67. The van der Waals surface area contributed by atoms with Crippen molar-refractivity contribution in [3.8, 4) is 17.1 Å². The lowest BCUT2D eigenvalue weighted by atomic mass is 10.2. The molecular weight excluding hydrogens is 384 g/mol. The van der Waals surface area contributed by atoms with E-state index in [9.17, 15) is 14.9 Å². The van der Waals surface area contributed by atoms with Gasteiger partial charge in [0, 0.05) is 23.9 Å². The van der Waals surface area contributed by atoms with Crippen molar-refractivity contribution < 1.29 is 14.1 Å². The summed E-state index contributed by atoms with van der Waals surface area (Å²) >= 11 is 0. The van der Waals surface area contributed by atoms with Crippen LogP contribution in [0.5, 0.6) is 0 Å². The van der Waals surface area contributed by atoms with Gasteiger partial charge in [0.25, 0.3) is 11.6 Å². The SMILES string of the molecule is Cc1ccc(NC(=O)c2cc(-c3ccc(C)o3)nn2-c2cccc([N+](=O)[O-])c2)cc1. The molecule has 4 rings (SSSR count). The van der Waals surface area contributed by atoms with Gasteiger partial charge < -0.3 is 9.73 Å². The van der Waals surface area contributed by atoms with Gasteiger partial charge in [-0.1, -0.05) is 23.8 Å². The van der Waals surface area contributed by atoms with E-state index in [1.54, 1.807) is 42.5 Å². The number of aryl methyl sites for hydroxylation is 2. The smallest absolute Gasteiger partial charge is 0.274 e. The zero-order valence-corrected chi connectivity index (χ0v) is 16.3. The van der Waals surface area contributed by atoms with E-state index in [1.807, 2.05) is 26.0 Å². The van der Waals surface area contributed by atoms with Gasteiger partial charge in [-0.05, 0) is 44.2 Å². The minimum absolute atomic E-state index is 0.0942. The van der Waals surface area contributed by atoms with Crippen LogP contribution in [0.25, 0.3) is 17.1 Å². The van der Waals surface area contributed by atoms with Crippen molar-refractivity contribution in [2.75, 3.05) is 5.32 Å². The summed E-state index contributed by atoms with van der Waals surface area (Å²) in [4.78, 5) is 23.7. The van der Waals surface area contributed by atoms with Crippen molar-refractivity contribution >= 4 is 17.3 Å². The Kier molecular flexibility index (Phi) is 4.89. The first-order valence-electron chi connectivity index (χ1n) is 9.20. The Bertz CT molecular complexity index is 1240. The largest absolute Gasteiger partial charge is 0.460 e. The van der Waals surface area contributed by atoms with Crippen molar-refractivity contribution in [2.45, 2.75) is 13.8 Å². The maximum absolute atomic E-state index is 13.0. The summed E-state index contributed by atoms with van der Waals surface area (Å²) in [5.74, 6) is 0.814. The highest BCUT2D eigenvalue weighted by Gasteiger charge is 2.20. The van der Waals surface area contributed by atoms with E-state index in [0.717, 1.165) is 5.56 Å².